The predicted octanol–water partition coefficient (Wildman–Crippen LogP) is 4.72. The van der Waals surface area contributed by atoms with Crippen molar-refractivity contribution in [3.05, 3.63) is 65.9 Å². The average molecular weight is 489 g/mol. The van der Waals surface area contributed by atoms with Crippen molar-refractivity contribution in [2.24, 2.45) is 12.5 Å². The predicted molar refractivity (Wildman–Crippen MR) is 135 cm³/mol. The number of hydrogen-bond donors (Lipinski definition) is 1. The third kappa shape index (κ3) is 5.93. The first-order chi connectivity index (χ1) is 15.2. The molecule has 1 aromatic heterocycles. The summed E-state index contributed by atoms with van der Waals surface area (Å²) in [6.07, 6.45) is 5.02. The van der Waals surface area contributed by atoms with E-state index in [-0.39, 0.29) is 27.7 Å². The van der Waals surface area contributed by atoms with Crippen LogP contribution in [0.25, 0.3) is 17.0 Å². The number of aromatic nitrogens is 1. The first kappa shape index (κ1) is 25.2. The van der Waals surface area contributed by atoms with E-state index in [9.17, 15) is 16.8 Å². The van der Waals surface area contributed by atoms with Crippen LogP contribution in [0.15, 0.2) is 64.4 Å². The van der Waals surface area contributed by atoms with Gasteiger partial charge in [-0.2, -0.15) is 0 Å². The average Bonchev–Trinajstić information content (AvgIpc) is 3.06. The molecule has 1 unspecified atom stereocenters. The van der Waals surface area contributed by atoms with Crippen molar-refractivity contribution in [3.8, 4) is 0 Å². The van der Waals surface area contributed by atoms with Gasteiger partial charge in [-0.15, -0.1) is 0 Å². The Morgan fingerprint density at radius 1 is 1.03 bits per heavy atom. The molecule has 3 aromatic rings. The van der Waals surface area contributed by atoms with Crippen LogP contribution >= 0.6 is 0 Å². The van der Waals surface area contributed by atoms with Crippen molar-refractivity contribution >= 4 is 36.8 Å². The Bertz CT molecular complexity index is 1410. The van der Waals surface area contributed by atoms with Gasteiger partial charge < -0.3 is 4.57 Å². The van der Waals surface area contributed by atoms with Crippen molar-refractivity contribution in [1.82, 2.24) is 9.29 Å². The van der Waals surface area contributed by atoms with Crippen LogP contribution in [0.4, 0.5) is 0 Å². The number of sulfonamides is 1. The van der Waals surface area contributed by atoms with E-state index in [1.165, 1.54) is 6.26 Å². The summed E-state index contributed by atoms with van der Waals surface area (Å²) in [4.78, 5) is 0.503. The van der Waals surface area contributed by atoms with Gasteiger partial charge in [0.15, 0.2) is 9.84 Å². The van der Waals surface area contributed by atoms with Crippen LogP contribution in [0, 0.1) is 5.41 Å². The Morgan fingerprint density at radius 3 is 2.33 bits per heavy atom. The summed E-state index contributed by atoms with van der Waals surface area (Å²) < 4.78 is 54.7. The molecule has 33 heavy (non-hydrogen) atoms. The van der Waals surface area contributed by atoms with E-state index in [2.05, 4.69) is 25.5 Å². The molecule has 2 aromatic carbocycles. The number of aryl methyl sites for hydroxylation is 1. The minimum Gasteiger partial charge on any atom is -0.347 e. The van der Waals surface area contributed by atoms with E-state index in [0.717, 1.165) is 16.6 Å². The van der Waals surface area contributed by atoms with Gasteiger partial charge in [0, 0.05) is 37.0 Å². The summed E-state index contributed by atoms with van der Waals surface area (Å²) in [5, 5.41) is 0.910. The molecule has 0 spiro atoms. The maximum absolute atomic E-state index is 13.1. The van der Waals surface area contributed by atoms with Crippen LogP contribution in [-0.4, -0.2) is 34.2 Å². The van der Waals surface area contributed by atoms with Crippen LogP contribution < -0.4 is 4.72 Å². The summed E-state index contributed by atoms with van der Waals surface area (Å²) in [6, 6.07) is 14.0. The molecule has 0 saturated carbocycles. The Hall–Kier alpha value is -2.42. The molecule has 6 nitrogen and oxygen atoms in total. The quantitative estimate of drug-likeness (QED) is 0.521. The summed E-state index contributed by atoms with van der Waals surface area (Å²) in [5.41, 5.74) is 2.29. The van der Waals surface area contributed by atoms with Crippen molar-refractivity contribution in [3.63, 3.8) is 0 Å². The van der Waals surface area contributed by atoms with Crippen molar-refractivity contribution in [2.45, 2.75) is 43.4 Å². The third-order valence-corrected chi connectivity index (χ3v) is 8.15. The Morgan fingerprint density at radius 2 is 1.70 bits per heavy atom. The number of nitrogens with zero attached hydrogens (tertiary/aromatic N) is 1. The molecule has 0 aliphatic heterocycles. The lowest BCUT2D eigenvalue weighted by Gasteiger charge is -2.16. The molecule has 0 fully saturated rings. The SMILES string of the molecule is CC(CNS(=O)(=O)c1ccccc1/C=C/C(C)(C)C)c1cc2ccc(S(C)(=O)=O)cc2n1C. The lowest BCUT2D eigenvalue weighted by molar-refractivity contribution is 0.547. The molecular formula is C25H32N2O4S2. The van der Waals surface area contributed by atoms with Gasteiger partial charge in [0.25, 0.3) is 0 Å². The molecule has 1 heterocycles. The summed E-state index contributed by atoms with van der Waals surface area (Å²) in [6.45, 7) is 8.33. The fraction of sp³-hybridized carbons (Fsp3) is 0.360. The van der Waals surface area contributed by atoms with E-state index in [0.29, 0.717) is 5.56 Å². The van der Waals surface area contributed by atoms with Crippen LogP contribution in [0.3, 0.4) is 0 Å². The van der Waals surface area contributed by atoms with E-state index in [1.807, 2.05) is 42.8 Å². The summed E-state index contributed by atoms with van der Waals surface area (Å²) in [7, 11) is -5.17. The second-order valence-electron chi connectivity index (χ2n) is 9.61. The van der Waals surface area contributed by atoms with Gasteiger partial charge in [0.05, 0.1) is 9.79 Å². The molecule has 1 N–H and O–H groups in total. The van der Waals surface area contributed by atoms with E-state index in [1.54, 1.807) is 36.4 Å². The molecule has 0 aliphatic rings. The molecule has 1 atom stereocenters. The standard InChI is InChI=1S/C25H32N2O4S2/c1-18(22-15-20-11-12-21(32(6,28)29)16-23(20)27(22)5)17-26-33(30,31)24-10-8-7-9-19(24)13-14-25(2,3)4/h7-16,18,26H,17H2,1-6H3/b14-13+. The highest BCUT2D eigenvalue weighted by molar-refractivity contribution is 7.90. The highest BCUT2D eigenvalue weighted by atomic mass is 32.2. The largest absolute Gasteiger partial charge is 0.347 e. The van der Waals surface area contributed by atoms with Gasteiger partial charge in [0.2, 0.25) is 10.0 Å². The zero-order valence-electron chi connectivity index (χ0n) is 20.0. The molecule has 0 bridgehead atoms. The van der Waals surface area contributed by atoms with Crippen LogP contribution in [0.1, 0.15) is 44.9 Å². The second kappa shape index (κ2) is 9.08. The summed E-state index contributed by atoms with van der Waals surface area (Å²) >= 11 is 0. The van der Waals surface area contributed by atoms with Crippen molar-refractivity contribution in [2.75, 3.05) is 12.8 Å². The first-order valence-corrected chi connectivity index (χ1v) is 14.1. The number of fused-ring (bicyclic) bond motifs is 1. The fourth-order valence-corrected chi connectivity index (χ4v) is 5.62. The lowest BCUT2D eigenvalue weighted by Crippen LogP contribution is -2.28. The van der Waals surface area contributed by atoms with E-state index < -0.39 is 19.9 Å². The van der Waals surface area contributed by atoms with Crippen LogP contribution in [0.2, 0.25) is 0 Å². The zero-order chi connectivity index (χ0) is 24.6. The molecular weight excluding hydrogens is 456 g/mol. The van der Waals surface area contributed by atoms with Gasteiger partial charge in [-0.05, 0) is 40.6 Å². The number of allylic oxidation sites excluding steroid dienone is 1. The van der Waals surface area contributed by atoms with Gasteiger partial charge in [-0.1, -0.05) is 64.1 Å². The van der Waals surface area contributed by atoms with Gasteiger partial charge in [-0.25, -0.2) is 21.6 Å². The van der Waals surface area contributed by atoms with Gasteiger partial charge in [-0.3, -0.25) is 0 Å². The monoisotopic (exact) mass is 488 g/mol. The Kier molecular flexibility index (Phi) is 6.94. The molecule has 0 aliphatic carbocycles. The van der Waals surface area contributed by atoms with E-state index in [4.69, 9.17) is 0 Å². The highest BCUT2D eigenvalue weighted by Gasteiger charge is 2.21. The molecule has 0 amide bonds. The van der Waals surface area contributed by atoms with Gasteiger partial charge in [0.1, 0.15) is 0 Å². The maximum Gasteiger partial charge on any atom is 0.241 e. The van der Waals surface area contributed by atoms with Crippen molar-refractivity contribution in [1.29, 1.82) is 0 Å². The van der Waals surface area contributed by atoms with Crippen LogP contribution in [-0.2, 0) is 26.9 Å². The zero-order valence-corrected chi connectivity index (χ0v) is 21.6. The van der Waals surface area contributed by atoms with Gasteiger partial charge >= 0.3 is 0 Å². The fourth-order valence-electron chi connectivity index (χ4n) is 3.65. The number of benzene rings is 2. The maximum atomic E-state index is 13.1. The number of hydrogen-bond acceptors (Lipinski definition) is 4. The molecule has 0 saturated heterocycles. The molecule has 0 radical (unpaired) electrons. The van der Waals surface area contributed by atoms with Crippen molar-refractivity contribution < 1.29 is 16.8 Å². The second-order valence-corrected chi connectivity index (χ2v) is 13.4. The topological polar surface area (TPSA) is 85.2 Å². The van der Waals surface area contributed by atoms with E-state index >= 15 is 0 Å². The number of rotatable bonds is 7. The molecule has 3 rings (SSSR count). The molecule has 8 heteroatoms. The normalized spacial score (nSPS) is 14.2. The minimum atomic E-state index is -3.72. The number of nitrogens with one attached hydrogen (secondary N) is 1. The number of sulfone groups is 1. The van der Waals surface area contributed by atoms with Crippen LogP contribution in [0.5, 0.6) is 0 Å². The summed E-state index contributed by atoms with van der Waals surface area (Å²) in [5.74, 6) is -0.129. The Labute approximate surface area is 197 Å². The molecule has 178 valence electrons. The third-order valence-electron chi connectivity index (χ3n) is 5.54. The Balaban J connectivity index is 1.85. The minimum absolute atomic E-state index is 0.0652. The highest BCUT2D eigenvalue weighted by Crippen LogP contribution is 2.27. The first-order valence-electron chi connectivity index (χ1n) is 10.8. The lowest BCUT2D eigenvalue weighted by atomic mass is 9.95. The smallest absolute Gasteiger partial charge is 0.241 e.